The Morgan fingerprint density at radius 1 is 1.17 bits per heavy atom. The van der Waals surface area contributed by atoms with Crippen molar-refractivity contribution < 1.29 is 9.59 Å². The molecular weight excluding hydrogens is 326 g/mol. The summed E-state index contributed by atoms with van der Waals surface area (Å²) in [6.07, 6.45) is 0. The first-order valence-electron chi connectivity index (χ1n) is 8.24. The molecule has 1 N–H and O–H groups in total. The zero-order valence-corrected chi connectivity index (χ0v) is 15.6. The lowest BCUT2D eigenvalue weighted by Gasteiger charge is -2.37. The third-order valence-corrected chi connectivity index (χ3v) is 4.37. The standard InChI is InChI=1S/C18H26ClN3O2/c1-13-11-14(19)5-6-15(13)20-16(23)12-21-7-9-22(10-8-21)17(24)18(2,3)4/h5-6,11H,7-10,12H2,1-4H3,(H,20,23). The van der Waals surface area contributed by atoms with Gasteiger partial charge in [-0.1, -0.05) is 32.4 Å². The van der Waals surface area contributed by atoms with Gasteiger partial charge in [0.1, 0.15) is 0 Å². The first-order valence-corrected chi connectivity index (χ1v) is 8.62. The predicted molar refractivity (Wildman–Crippen MR) is 97.3 cm³/mol. The molecule has 2 amide bonds. The van der Waals surface area contributed by atoms with Gasteiger partial charge < -0.3 is 10.2 Å². The second-order valence-electron chi connectivity index (χ2n) is 7.33. The Balaban J connectivity index is 1.83. The molecule has 132 valence electrons. The summed E-state index contributed by atoms with van der Waals surface area (Å²) in [5, 5.41) is 3.58. The lowest BCUT2D eigenvalue weighted by Crippen LogP contribution is -2.52. The van der Waals surface area contributed by atoms with Crippen molar-refractivity contribution in [2.75, 3.05) is 38.0 Å². The second-order valence-corrected chi connectivity index (χ2v) is 7.76. The lowest BCUT2D eigenvalue weighted by atomic mass is 9.94. The highest BCUT2D eigenvalue weighted by atomic mass is 35.5. The molecular formula is C18H26ClN3O2. The van der Waals surface area contributed by atoms with Gasteiger partial charge in [0.05, 0.1) is 6.54 Å². The third-order valence-electron chi connectivity index (χ3n) is 4.13. The quantitative estimate of drug-likeness (QED) is 0.911. The lowest BCUT2D eigenvalue weighted by molar-refractivity contribution is -0.141. The van der Waals surface area contributed by atoms with E-state index >= 15 is 0 Å². The van der Waals surface area contributed by atoms with Crippen LogP contribution in [-0.2, 0) is 9.59 Å². The van der Waals surface area contributed by atoms with Crippen LogP contribution >= 0.6 is 11.6 Å². The third kappa shape index (κ3) is 4.95. The Morgan fingerprint density at radius 2 is 1.79 bits per heavy atom. The Labute approximate surface area is 149 Å². The zero-order chi connectivity index (χ0) is 17.9. The average molecular weight is 352 g/mol. The maximum atomic E-state index is 12.3. The van der Waals surface area contributed by atoms with Crippen molar-refractivity contribution in [2.45, 2.75) is 27.7 Å². The van der Waals surface area contributed by atoms with Gasteiger partial charge in [-0.05, 0) is 30.7 Å². The summed E-state index contributed by atoms with van der Waals surface area (Å²) in [6.45, 7) is 10.8. The minimum Gasteiger partial charge on any atom is -0.340 e. The molecule has 1 saturated heterocycles. The van der Waals surface area contributed by atoms with Gasteiger partial charge in [0.15, 0.2) is 0 Å². The van der Waals surface area contributed by atoms with Gasteiger partial charge in [-0.3, -0.25) is 14.5 Å². The highest BCUT2D eigenvalue weighted by molar-refractivity contribution is 6.30. The molecule has 1 aliphatic heterocycles. The number of aryl methyl sites for hydroxylation is 1. The van der Waals surface area contributed by atoms with E-state index in [1.807, 2.05) is 44.7 Å². The van der Waals surface area contributed by atoms with Crippen LogP contribution in [0, 0.1) is 12.3 Å². The number of nitrogens with one attached hydrogen (secondary N) is 1. The smallest absolute Gasteiger partial charge is 0.238 e. The fraction of sp³-hybridized carbons (Fsp3) is 0.556. The molecule has 0 radical (unpaired) electrons. The summed E-state index contributed by atoms with van der Waals surface area (Å²) < 4.78 is 0. The molecule has 0 spiro atoms. The number of piperazine rings is 1. The van der Waals surface area contributed by atoms with Gasteiger partial charge in [-0.2, -0.15) is 0 Å². The monoisotopic (exact) mass is 351 g/mol. The molecule has 0 bridgehead atoms. The van der Waals surface area contributed by atoms with Crippen LogP contribution in [0.25, 0.3) is 0 Å². The van der Waals surface area contributed by atoms with Crippen molar-refractivity contribution in [2.24, 2.45) is 5.41 Å². The molecule has 2 rings (SSSR count). The van der Waals surface area contributed by atoms with Crippen molar-refractivity contribution in [3.63, 3.8) is 0 Å². The van der Waals surface area contributed by atoms with Crippen LogP contribution in [0.1, 0.15) is 26.3 Å². The molecule has 1 fully saturated rings. The second kappa shape index (κ2) is 7.53. The van der Waals surface area contributed by atoms with Crippen LogP contribution < -0.4 is 5.32 Å². The van der Waals surface area contributed by atoms with E-state index in [9.17, 15) is 9.59 Å². The van der Waals surface area contributed by atoms with Crippen molar-refractivity contribution in [3.8, 4) is 0 Å². The molecule has 1 aliphatic rings. The maximum Gasteiger partial charge on any atom is 0.238 e. The van der Waals surface area contributed by atoms with E-state index in [4.69, 9.17) is 11.6 Å². The van der Waals surface area contributed by atoms with Crippen LogP contribution in [0.4, 0.5) is 5.69 Å². The van der Waals surface area contributed by atoms with Gasteiger partial charge in [0.2, 0.25) is 11.8 Å². The fourth-order valence-corrected chi connectivity index (χ4v) is 2.97. The van der Waals surface area contributed by atoms with Crippen molar-refractivity contribution in [1.29, 1.82) is 0 Å². The Bertz CT molecular complexity index is 617. The number of hydrogen-bond acceptors (Lipinski definition) is 3. The fourth-order valence-electron chi connectivity index (χ4n) is 2.74. The number of hydrogen-bond donors (Lipinski definition) is 1. The Morgan fingerprint density at radius 3 is 2.33 bits per heavy atom. The normalized spacial score (nSPS) is 16.1. The van der Waals surface area contributed by atoms with E-state index in [2.05, 4.69) is 10.2 Å². The predicted octanol–water partition coefficient (Wildman–Crippen LogP) is 2.78. The summed E-state index contributed by atoms with van der Waals surface area (Å²) in [4.78, 5) is 28.5. The van der Waals surface area contributed by atoms with Crippen LogP contribution in [0.3, 0.4) is 0 Å². The number of anilines is 1. The number of halogens is 1. The number of rotatable bonds is 3. The molecule has 5 nitrogen and oxygen atoms in total. The minimum atomic E-state index is -0.356. The highest BCUT2D eigenvalue weighted by Crippen LogP contribution is 2.20. The summed E-state index contributed by atoms with van der Waals surface area (Å²) in [6, 6.07) is 5.41. The van der Waals surface area contributed by atoms with E-state index in [1.54, 1.807) is 6.07 Å². The molecule has 0 saturated carbocycles. The van der Waals surface area contributed by atoms with Crippen LogP contribution in [0.5, 0.6) is 0 Å². The average Bonchev–Trinajstić information content (AvgIpc) is 2.49. The van der Waals surface area contributed by atoms with E-state index < -0.39 is 0 Å². The molecule has 0 aliphatic carbocycles. The van der Waals surface area contributed by atoms with Crippen molar-refractivity contribution in [1.82, 2.24) is 9.80 Å². The van der Waals surface area contributed by atoms with Crippen LogP contribution in [-0.4, -0.2) is 54.3 Å². The number of carbonyl (C=O) groups is 2. The molecule has 0 atom stereocenters. The number of benzene rings is 1. The van der Waals surface area contributed by atoms with E-state index in [1.165, 1.54) is 0 Å². The number of carbonyl (C=O) groups excluding carboxylic acids is 2. The first kappa shape index (κ1) is 18.7. The SMILES string of the molecule is Cc1cc(Cl)ccc1NC(=O)CN1CCN(C(=O)C(C)(C)C)CC1. The molecule has 1 aromatic rings. The summed E-state index contributed by atoms with van der Waals surface area (Å²) >= 11 is 5.93. The van der Waals surface area contributed by atoms with E-state index in [0.717, 1.165) is 24.3 Å². The van der Waals surface area contributed by atoms with E-state index in [-0.39, 0.29) is 17.2 Å². The van der Waals surface area contributed by atoms with Gasteiger partial charge in [0, 0.05) is 42.3 Å². The topological polar surface area (TPSA) is 52.7 Å². The first-order chi connectivity index (χ1) is 11.2. The van der Waals surface area contributed by atoms with Gasteiger partial charge in [-0.15, -0.1) is 0 Å². The summed E-state index contributed by atoms with van der Waals surface area (Å²) in [5.41, 5.74) is 1.37. The minimum absolute atomic E-state index is 0.0454. The Kier molecular flexibility index (Phi) is 5.88. The number of nitrogens with zero attached hydrogens (tertiary/aromatic N) is 2. The summed E-state index contributed by atoms with van der Waals surface area (Å²) in [5.74, 6) is 0.124. The largest absolute Gasteiger partial charge is 0.340 e. The maximum absolute atomic E-state index is 12.3. The summed E-state index contributed by atoms with van der Waals surface area (Å²) in [7, 11) is 0. The molecule has 1 aromatic carbocycles. The molecule has 0 unspecified atom stereocenters. The number of amides is 2. The van der Waals surface area contributed by atoms with Gasteiger partial charge in [-0.25, -0.2) is 0 Å². The zero-order valence-electron chi connectivity index (χ0n) is 14.9. The van der Waals surface area contributed by atoms with Crippen LogP contribution in [0.15, 0.2) is 18.2 Å². The molecule has 24 heavy (non-hydrogen) atoms. The van der Waals surface area contributed by atoms with Crippen LogP contribution in [0.2, 0.25) is 5.02 Å². The van der Waals surface area contributed by atoms with Gasteiger partial charge in [0.25, 0.3) is 0 Å². The van der Waals surface area contributed by atoms with Gasteiger partial charge >= 0.3 is 0 Å². The van der Waals surface area contributed by atoms with Crippen molar-refractivity contribution in [3.05, 3.63) is 28.8 Å². The molecule has 6 heteroatoms. The molecule has 1 heterocycles. The highest BCUT2D eigenvalue weighted by Gasteiger charge is 2.30. The molecule has 0 aromatic heterocycles. The van der Waals surface area contributed by atoms with Crippen molar-refractivity contribution >= 4 is 29.1 Å². The Hall–Kier alpha value is -1.59. The van der Waals surface area contributed by atoms with E-state index in [0.29, 0.717) is 24.7 Å².